The zero-order chi connectivity index (χ0) is 39.2. The summed E-state index contributed by atoms with van der Waals surface area (Å²) in [7, 11) is 0. The number of hydrogen-bond donors (Lipinski definition) is 2. The van der Waals surface area contributed by atoms with Crippen LogP contribution in [0.4, 0.5) is 11.5 Å². The van der Waals surface area contributed by atoms with Gasteiger partial charge in [0.05, 0.1) is 41.9 Å². The van der Waals surface area contributed by atoms with E-state index in [0.717, 1.165) is 65.0 Å². The van der Waals surface area contributed by atoms with Crippen LogP contribution in [0.3, 0.4) is 0 Å². The number of aliphatic hydroxyl groups is 2. The molecule has 3 unspecified atom stereocenters. The first kappa shape index (κ1) is 39.0. The lowest BCUT2D eigenvalue weighted by atomic mass is 10.00. The lowest BCUT2D eigenvalue weighted by Gasteiger charge is -2.42. The molecule has 0 saturated carbocycles. The van der Waals surface area contributed by atoms with E-state index in [9.17, 15) is 20.3 Å². The van der Waals surface area contributed by atoms with Gasteiger partial charge in [0.15, 0.2) is 0 Å². The summed E-state index contributed by atoms with van der Waals surface area (Å²) in [6, 6.07) is 21.9. The Labute approximate surface area is 333 Å². The predicted octanol–water partition coefficient (Wildman–Crippen LogP) is 6.09. The van der Waals surface area contributed by atoms with E-state index in [1.807, 2.05) is 36.4 Å². The Hall–Kier alpha value is -5.21. The Bertz CT molecular complexity index is 2160. The van der Waals surface area contributed by atoms with Crippen LogP contribution in [-0.4, -0.2) is 100.0 Å². The predicted molar refractivity (Wildman–Crippen MR) is 220 cm³/mol. The highest BCUT2D eigenvalue weighted by Crippen LogP contribution is 2.37. The number of anilines is 2. The van der Waals surface area contributed by atoms with Gasteiger partial charge in [0, 0.05) is 55.4 Å². The van der Waals surface area contributed by atoms with Crippen LogP contribution >= 0.6 is 11.6 Å². The number of nitriles is 1. The van der Waals surface area contributed by atoms with E-state index in [1.54, 1.807) is 11.0 Å². The van der Waals surface area contributed by atoms with Gasteiger partial charge >= 0.3 is 6.01 Å². The van der Waals surface area contributed by atoms with E-state index in [2.05, 4.69) is 63.9 Å². The Morgan fingerprint density at radius 3 is 2.68 bits per heavy atom. The van der Waals surface area contributed by atoms with Crippen molar-refractivity contribution >= 4 is 45.9 Å². The lowest BCUT2D eigenvalue weighted by molar-refractivity contribution is -0.128. The number of aliphatic hydroxyl groups excluding tert-OH is 2. The molecule has 4 atom stereocenters. The molecule has 12 heteroatoms. The fraction of sp³-hybridized carbons (Fsp3) is 0.386. The largest absolute Gasteiger partial charge is 0.462 e. The summed E-state index contributed by atoms with van der Waals surface area (Å²) in [5.74, 6) is 0.601. The van der Waals surface area contributed by atoms with E-state index >= 15 is 0 Å². The number of benzene rings is 3. The highest BCUT2D eigenvalue weighted by molar-refractivity contribution is 6.36. The molecule has 4 aromatic rings. The minimum absolute atomic E-state index is 0.0891. The number of nitrogens with zero attached hydrogens (tertiary/aromatic N) is 7. The fourth-order valence-corrected chi connectivity index (χ4v) is 8.65. The molecule has 1 amide bonds. The van der Waals surface area contributed by atoms with Crippen LogP contribution in [0.5, 0.6) is 6.01 Å². The number of ether oxygens (including phenoxy) is 1. The van der Waals surface area contributed by atoms with Crippen LogP contribution in [-0.2, 0) is 17.8 Å². The Morgan fingerprint density at radius 2 is 1.88 bits per heavy atom. The molecule has 3 aliphatic rings. The smallest absolute Gasteiger partial charge is 0.318 e. The summed E-state index contributed by atoms with van der Waals surface area (Å²) in [4.78, 5) is 31.3. The van der Waals surface area contributed by atoms with Gasteiger partial charge in [-0.3, -0.25) is 9.69 Å². The first-order valence-corrected chi connectivity index (χ1v) is 19.7. The molecule has 2 saturated heterocycles. The maximum Gasteiger partial charge on any atom is 0.318 e. The topological polar surface area (TPSA) is 129 Å². The summed E-state index contributed by atoms with van der Waals surface area (Å²) >= 11 is 6.76. The third kappa shape index (κ3) is 8.46. The van der Waals surface area contributed by atoms with Crippen LogP contribution in [0.2, 0.25) is 5.02 Å². The number of fused-ring (bicyclic) bond motifs is 2. The second-order valence-corrected chi connectivity index (χ2v) is 15.1. The van der Waals surface area contributed by atoms with Gasteiger partial charge in [-0.1, -0.05) is 67.2 Å². The van der Waals surface area contributed by atoms with Crippen molar-refractivity contribution in [3.8, 4) is 12.1 Å². The van der Waals surface area contributed by atoms with Gasteiger partial charge in [-0.25, -0.2) is 0 Å². The molecule has 0 radical (unpaired) electrons. The second kappa shape index (κ2) is 17.7. The molecule has 11 nitrogen and oxygen atoms in total. The summed E-state index contributed by atoms with van der Waals surface area (Å²) in [5.41, 5.74) is 7.23. The highest BCUT2D eigenvalue weighted by Gasteiger charge is 2.34. The van der Waals surface area contributed by atoms with E-state index in [4.69, 9.17) is 26.3 Å². The number of amides is 1. The van der Waals surface area contributed by atoms with Crippen LogP contribution in [0, 0.1) is 11.3 Å². The summed E-state index contributed by atoms with van der Waals surface area (Å²) in [5, 5.41) is 34.4. The molecule has 0 aliphatic carbocycles. The molecule has 0 bridgehead atoms. The average molecular weight is 774 g/mol. The van der Waals surface area contributed by atoms with Crippen LogP contribution in [0.1, 0.15) is 54.2 Å². The number of halogens is 1. The number of aromatic nitrogens is 2. The first-order chi connectivity index (χ1) is 27.3. The Kier molecular flexibility index (Phi) is 12.4. The van der Waals surface area contributed by atoms with Gasteiger partial charge < -0.3 is 29.6 Å². The molecule has 3 aliphatic heterocycles. The van der Waals surface area contributed by atoms with Gasteiger partial charge in [-0.15, -0.1) is 5.73 Å². The third-order valence-corrected chi connectivity index (χ3v) is 11.6. The van der Waals surface area contributed by atoms with Gasteiger partial charge in [0.25, 0.3) is 0 Å². The van der Waals surface area contributed by atoms with Crippen molar-refractivity contribution in [2.75, 3.05) is 55.7 Å². The summed E-state index contributed by atoms with van der Waals surface area (Å²) < 4.78 is 6.47. The third-order valence-electron chi connectivity index (χ3n) is 11.3. The Morgan fingerprint density at radius 1 is 1.05 bits per heavy atom. The van der Waals surface area contributed by atoms with Crippen LogP contribution in [0.25, 0.3) is 16.8 Å². The highest BCUT2D eigenvalue weighted by atomic mass is 35.5. The molecule has 290 valence electrons. The summed E-state index contributed by atoms with van der Waals surface area (Å²) in [6.07, 6.45) is 4.32. The molecule has 4 heterocycles. The monoisotopic (exact) mass is 773 g/mol. The van der Waals surface area contributed by atoms with Crippen molar-refractivity contribution in [2.24, 2.45) is 0 Å². The van der Waals surface area contributed by atoms with E-state index in [0.29, 0.717) is 62.8 Å². The SMILES string of the molecule is C=C=Cc1cccc(C(O)C(O)CCN2CCCC2COc2nc3c(c(N4CCN(C(=O)C=C)[C@@H](CC#N)C4)n2)CCN(c2cccc4cccc(Cl)c24)C3)c1. The minimum atomic E-state index is -1.01. The maximum atomic E-state index is 12.7. The fourth-order valence-electron chi connectivity index (χ4n) is 8.37. The van der Waals surface area contributed by atoms with E-state index in [-0.39, 0.29) is 30.4 Å². The van der Waals surface area contributed by atoms with Crippen LogP contribution in [0.15, 0.2) is 85.6 Å². The van der Waals surface area contributed by atoms with Crippen LogP contribution < -0.4 is 14.5 Å². The first-order valence-electron chi connectivity index (χ1n) is 19.3. The van der Waals surface area contributed by atoms with Crippen molar-refractivity contribution in [3.63, 3.8) is 0 Å². The van der Waals surface area contributed by atoms with Gasteiger partial charge in [-0.05, 0) is 79.1 Å². The van der Waals surface area contributed by atoms with Crippen molar-refractivity contribution in [2.45, 2.75) is 62.9 Å². The van der Waals surface area contributed by atoms with E-state index in [1.165, 1.54) is 6.08 Å². The molecule has 2 N–H and O–H groups in total. The standard InChI is InChI=1S/C44H48ClN7O4/c1-3-9-30-10-5-13-32(26-30)42(55)39(53)19-23-49-21-8-14-34(49)29-56-44-47-37-28-50(38-16-7-12-31-11-6-15-36(45)41(31)38)22-18-35(37)43(48-44)51-24-25-52(40(54)4-2)33(27-51)17-20-46/h4-7,9-13,15-16,26,33-34,39,42,53,55H,1-2,8,14,17-19,21-25,27-29H2/t33-,34?,39?,42?/m0/s1. The average Bonchev–Trinajstić information content (AvgIpc) is 3.68. The number of carbonyl (C=O) groups is 1. The summed E-state index contributed by atoms with van der Waals surface area (Å²) in [6.45, 7) is 11.8. The number of carbonyl (C=O) groups excluding carboxylic acids is 1. The number of piperazine rings is 1. The molecule has 0 spiro atoms. The van der Waals surface area contributed by atoms with E-state index < -0.39 is 12.2 Å². The van der Waals surface area contributed by atoms with Gasteiger partial charge in [-0.2, -0.15) is 15.2 Å². The number of likely N-dealkylation sites (tertiary alicyclic amines) is 1. The molecule has 56 heavy (non-hydrogen) atoms. The second-order valence-electron chi connectivity index (χ2n) is 14.7. The minimum Gasteiger partial charge on any atom is -0.462 e. The quantitative estimate of drug-likeness (QED) is 0.122. The van der Waals surface area contributed by atoms with Gasteiger partial charge in [0.2, 0.25) is 5.91 Å². The van der Waals surface area contributed by atoms with Crippen molar-refractivity contribution in [1.29, 1.82) is 5.26 Å². The number of hydrogen-bond acceptors (Lipinski definition) is 10. The molecule has 7 rings (SSSR count). The maximum absolute atomic E-state index is 12.7. The Balaban J connectivity index is 1.11. The lowest BCUT2D eigenvalue weighted by Crippen LogP contribution is -2.55. The molecular weight excluding hydrogens is 726 g/mol. The molecule has 1 aromatic heterocycles. The van der Waals surface area contributed by atoms with Crippen molar-refractivity contribution < 1.29 is 19.7 Å². The normalized spacial score (nSPS) is 19.5. The zero-order valence-electron chi connectivity index (χ0n) is 31.6. The van der Waals surface area contributed by atoms with Crippen molar-refractivity contribution in [3.05, 3.63) is 113 Å². The molecular formula is C44H48ClN7O4. The zero-order valence-corrected chi connectivity index (χ0v) is 32.3. The molecule has 3 aromatic carbocycles. The van der Waals surface area contributed by atoms with Gasteiger partial charge in [0.1, 0.15) is 18.5 Å². The molecule has 2 fully saturated rings. The number of rotatable bonds is 13. The van der Waals surface area contributed by atoms with Crippen molar-refractivity contribution in [1.82, 2.24) is 19.8 Å².